The summed E-state index contributed by atoms with van der Waals surface area (Å²) in [4.78, 5) is 4.42. The lowest BCUT2D eigenvalue weighted by atomic mass is 9.99. The van der Waals surface area contributed by atoms with Crippen LogP contribution in [0.1, 0.15) is 19.3 Å². The second kappa shape index (κ2) is 6.30. The van der Waals surface area contributed by atoms with Crippen molar-refractivity contribution >= 4 is 0 Å². The fourth-order valence-corrected chi connectivity index (χ4v) is 3.15. The predicted molar refractivity (Wildman–Crippen MR) is 69.5 cm³/mol. The Bertz CT molecular complexity index is 257. The van der Waals surface area contributed by atoms with Gasteiger partial charge in [0.25, 0.3) is 0 Å². The number of aliphatic hydroxyl groups excluding tert-OH is 2. The van der Waals surface area contributed by atoms with Crippen LogP contribution in [0.15, 0.2) is 0 Å². The zero-order valence-corrected chi connectivity index (χ0v) is 11.5. The van der Waals surface area contributed by atoms with Crippen LogP contribution in [0.4, 0.5) is 0 Å². The first-order valence-electron chi connectivity index (χ1n) is 6.96. The third-order valence-electron chi connectivity index (χ3n) is 4.00. The first kappa shape index (κ1) is 14.2. The molecule has 2 heterocycles. The van der Waals surface area contributed by atoms with Gasteiger partial charge in [0.05, 0.1) is 18.8 Å². The molecule has 0 aliphatic carbocycles. The molecule has 2 aliphatic heterocycles. The first-order valence-corrected chi connectivity index (χ1v) is 6.96. The van der Waals surface area contributed by atoms with E-state index in [4.69, 9.17) is 4.74 Å². The Kier molecular flexibility index (Phi) is 4.98. The van der Waals surface area contributed by atoms with Gasteiger partial charge in [-0.15, -0.1) is 0 Å². The smallest absolute Gasteiger partial charge is 0.109 e. The lowest BCUT2D eigenvalue weighted by molar-refractivity contribution is -0.0275. The number of hydrogen-bond donors (Lipinski definition) is 2. The van der Waals surface area contributed by atoms with Gasteiger partial charge in [-0.05, 0) is 40.0 Å². The highest BCUT2D eigenvalue weighted by Crippen LogP contribution is 2.28. The summed E-state index contributed by atoms with van der Waals surface area (Å²) in [6.07, 6.45) is 2.66. The van der Waals surface area contributed by atoms with Crippen LogP contribution in [0.25, 0.3) is 0 Å². The molecule has 106 valence electrons. The molecular weight excluding hydrogens is 232 g/mol. The van der Waals surface area contributed by atoms with E-state index < -0.39 is 12.2 Å². The van der Waals surface area contributed by atoms with E-state index in [9.17, 15) is 10.2 Å². The van der Waals surface area contributed by atoms with Gasteiger partial charge in [0.15, 0.2) is 0 Å². The predicted octanol–water partition coefficient (Wildman–Crippen LogP) is -0.477. The van der Waals surface area contributed by atoms with Crippen LogP contribution in [0.2, 0.25) is 0 Å². The maximum atomic E-state index is 10.3. The van der Waals surface area contributed by atoms with Gasteiger partial charge in [-0.3, -0.25) is 4.90 Å². The van der Waals surface area contributed by atoms with Crippen LogP contribution < -0.4 is 0 Å². The summed E-state index contributed by atoms with van der Waals surface area (Å²) in [6.45, 7) is 2.75. The largest absolute Gasteiger partial charge is 0.394 e. The summed E-state index contributed by atoms with van der Waals surface area (Å²) in [5.41, 5.74) is 0. The molecule has 0 aromatic rings. The number of likely N-dealkylation sites (N-methyl/N-ethyl adjacent to an activating group) is 1. The molecule has 4 atom stereocenters. The number of hydrogen-bond acceptors (Lipinski definition) is 5. The fraction of sp³-hybridized carbons (Fsp3) is 1.00. The summed E-state index contributed by atoms with van der Waals surface area (Å²) in [6, 6.07) is 0.0323. The van der Waals surface area contributed by atoms with Gasteiger partial charge >= 0.3 is 0 Å². The molecule has 2 aliphatic rings. The quantitative estimate of drug-likeness (QED) is 0.713. The van der Waals surface area contributed by atoms with E-state index >= 15 is 0 Å². The van der Waals surface area contributed by atoms with Crippen LogP contribution >= 0.6 is 0 Å². The average molecular weight is 258 g/mol. The fourth-order valence-electron chi connectivity index (χ4n) is 3.15. The van der Waals surface area contributed by atoms with Gasteiger partial charge in [-0.1, -0.05) is 6.42 Å². The highest BCUT2D eigenvalue weighted by molar-refractivity contribution is 4.98. The third kappa shape index (κ3) is 3.03. The lowest BCUT2D eigenvalue weighted by Crippen LogP contribution is -2.52. The molecule has 0 aromatic heterocycles. The van der Waals surface area contributed by atoms with Gasteiger partial charge in [-0.2, -0.15) is 0 Å². The van der Waals surface area contributed by atoms with Crippen LogP contribution in [-0.2, 0) is 4.74 Å². The monoisotopic (exact) mass is 258 g/mol. The van der Waals surface area contributed by atoms with Crippen molar-refractivity contribution in [3.63, 3.8) is 0 Å². The van der Waals surface area contributed by atoms with E-state index in [1.54, 1.807) is 0 Å². The molecule has 5 nitrogen and oxygen atoms in total. The minimum Gasteiger partial charge on any atom is -0.394 e. The number of nitrogens with zero attached hydrogens (tertiary/aromatic N) is 2. The van der Waals surface area contributed by atoms with Gasteiger partial charge in [0.1, 0.15) is 12.2 Å². The number of rotatable bonds is 4. The van der Waals surface area contributed by atoms with Crippen LogP contribution in [-0.4, -0.2) is 84.7 Å². The van der Waals surface area contributed by atoms with Crippen LogP contribution in [0.3, 0.4) is 0 Å². The van der Waals surface area contributed by atoms with Crippen molar-refractivity contribution in [3.05, 3.63) is 0 Å². The molecule has 5 heteroatoms. The average Bonchev–Trinajstić information content (AvgIpc) is 2.66. The topological polar surface area (TPSA) is 56.2 Å². The summed E-state index contributed by atoms with van der Waals surface area (Å²) < 4.78 is 5.82. The summed E-state index contributed by atoms with van der Waals surface area (Å²) in [5, 5.41) is 19.6. The molecule has 0 amide bonds. The molecule has 0 radical (unpaired) electrons. The minimum atomic E-state index is -0.571. The summed E-state index contributed by atoms with van der Waals surface area (Å²) >= 11 is 0. The van der Waals surface area contributed by atoms with Crippen molar-refractivity contribution < 1.29 is 14.9 Å². The van der Waals surface area contributed by atoms with Gasteiger partial charge in [0, 0.05) is 6.54 Å². The Labute approximate surface area is 109 Å². The van der Waals surface area contributed by atoms with E-state index in [2.05, 4.69) is 9.80 Å². The van der Waals surface area contributed by atoms with Gasteiger partial charge < -0.3 is 19.8 Å². The van der Waals surface area contributed by atoms with E-state index in [-0.39, 0.29) is 18.8 Å². The van der Waals surface area contributed by atoms with Crippen molar-refractivity contribution in [1.82, 2.24) is 9.80 Å². The van der Waals surface area contributed by atoms with E-state index in [0.717, 1.165) is 19.6 Å². The second-order valence-electron chi connectivity index (χ2n) is 5.74. The molecule has 0 saturated carbocycles. The van der Waals surface area contributed by atoms with E-state index in [1.165, 1.54) is 19.3 Å². The number of likely N-dealkylation sites (tertiary alicyclic amines) is 1. The molecule has 2 rings (SSSR count). The van der Waals surface area contributed by atoms with E-state index in [0.29, 0.717) is 0 Å². The van der Waals surface area contributed by atoms with Crippen molar-refractivity contribution in [2.24, 2.45) is 0 Å². The third-order valence-corrected chi connectivity index (χ3v) is 4.00. The van der Waals surface area contributed by atoms with Gasteiger partial charge in [-0.25, -0.2) is 0 Å². The standard InChI is InChI=1S/C13H26N2O3/c1-14(2)8-10-12(13(17)11(9-16)18-10)15-6-4-3-5-7-15/h10-13,16-17H,3-9H2,1-2H3/t10-,11+,12+,13-/m1/s1. The molecule has 2 fully saturated rings. The molecule has 2 N–H and O–H groups in total. The first-order chi connectivity index (χ1) is 8.63. The summed E-state index contributed by atoms with van der Waals surface area (Å²) in [5.74, 6) is 0. The number of aliphatic hydroxyl groups is 2. The van der Waals surface area contributed by atoms with Crippen LogP contribution in [0, 0.1) is 0 Å². The number of piperidine rings is 1. The molecule has 0 unspecified atom stereocenters. The number of ether oxygens (including phenoxy) is 1. The van der Waals surface area contributed by atoms with Crippen molar-refractivity contribution in [3.8, 4) is 0 Å². The SMILES string of the molecule is CN(C)C[C@H]1O[C@@H](CO)[C@@H](O)[C@H]1N1CCCCC1. The Morgan fingerprint density at radius 3 is 2.39 bits per heavy atom. The molecular formula is C13H26N2O3. The Morgan fingerprint density at radius 2 is 1.83 bits per heavy atom. The minimum absolute atomic E-state index is 0.00903. The zero-order valence-electron chi connectivity index (χ0n) is 11.5. The molecule has 18 heavy (non-hydrogen) atoms. The van der Waals surface area contributed by atoms with Crippen molar-refractivity contribution in [2.45, 2.75) is 43.6 Å². The second-order valence-corrected chi connectivity index (χ2v) is 5.74. The Morgan fingerprint density at radius 1 is 1.17 bits per heavy atom. The lowest BCUT2D eigenvalue weighted by Gasteiger charge is -2.36. The molecule has 0 bridgehead atoms. The Balaban J connectivity index is 2.05. The summed E-state index contributed by atoms with van der Waals surface area (Å²) in [7, 11) is 4.02. The zero-order chi connectivity index (χ0) is 13.1. The van der Waals surface area contributed by atoms with Gasteiger partial charge in [0.2, 0.25) is 0 Å². The molecule has 0 aromatic carbocycles. The maximum absolute atomic E-state index is 10.3. The van der Waals surface area contributed by atoms with Crippen LogP contribution in [0.5, 0.6) is 0 Å². The highest BCUT2D eigenvalue weighted by atomic mass is 16.5. The highest BCUT2D eigenvalue weighted by Gasteiger charge is 2.46. The van der Waals surface area contributed by atoms with Crippen molar-refractivity contribution in [1.29, 1.82) is 0 Å². The van der Waals surface area contributed by atoms with E-state index in [1.807, 2.05) is 14.1 Å². The Hall–Kier alpha value is -0.200. The normalized spacial score (nSPS) is 38.5. The molecule has 0 spiro atoms. The van der Waals surface area contributed by atoms with Crippen molar-refractivity contribution in [2.75, 3.05) is 40.3 Å². The maximum Gasteiger partial charge on any atom is 0.109 e. The molecule has 2 saturated heterocycles.